The molecule has 4 rings (SSSR count). The largest absolute Gasteiger partial charge is 0.376 e. The van der Waals surface area contributed by atoms with Crippen LogP contribution in [0.4, 0.5) is 5.82 Å². The van der Waals surface area contributed by atoms with Crippen LogP contribution < -0.4 is 5.32 Å². The lowest BCUT2D eigenvalue weighted by atomic mass is 9.86. The highest BCUT2D eigenvalue weighted by molar-refractivity contribution is 7.22. The van der Waals surface area contributed by atoms with Crippen molar-refractivity contribution in [2.24, 2.45) is 0 Å². The molecule has 1 N–H and O–H groups in total. The molecule has 0 bridgehead atoms. The van der Waals surface area contributed by atoms with E-state index in [1.54, 1.807) is 0 Å². The zero-order chi connectivity index (χ0) is 18.1. The van der Waals surface area contributed by atoms with E-state index in [-0.39, 0.29) is 5.41 Å². The van der Waals surface area contributed by atoms with E-state index in [0.29, 0.717) is 6.10 Å². The Bertz CT molecular complexity index is 887. The molecule has 2 aromatic heterocycles. The molecule has 3 heterocycles. The van der Waals surface area contributed by atoms with Crippen LogP contribution in [0.15, 0.2) is 42.6 Å². The van der Waals surface area contributed by atoms with Crippen molar-refractivity contribution < 1.29 is 4.74 Å². The van der Waals surface area contributed by atoms with Crippen molar-refractivity contribution in [1.29, 1.82) is 0 Å². The van der Waals surface area contributed by atoms with Crippen molar-refractivity contribution >= 4 is 27.2 Å². The lowest BCUT2D eigenvalue weighted by molar-refractivity contribution is 0.120. The van der Waals surface area contributed by atoms with Crippen LogP contribution in [0.5, 0.6) is 0 Å². The van der Waals surface area contributed by atoms with Gasteiger partial charge in [0.25, 0.3) is 0 Å². The summed E-state index contributed by atoms with van der Waals surface area (Å²) in [5.41, 5.74) is 2.81. The van der Waals surface area contributed by atoms with Gasteiger partial charge in [-0.3, -0.25) is 0 Å². The van der Waals surface area contributed by atoms with E-state index in [4.69, 9.17) is 4.74 Å². The molecular formula is C22H26N2OS. The summed E-state index contributed by atoms with van der Waals surface area (Å²) < 4.78 is 6.98. The molecule has 136 valence electrons. The van der Waals surface area contributed by atoms with Crippen molar-refractivity contribution in [3.63, 3.8) is 0 Å². The molecule has 1 aliphatic rings. The fraction of sp³-hybridized carbons (Fsp3) is 0.409. The smallest absolute Gasteiger partial charge is 0.134 e. The maximum atomic E-state index is 5.71. The third-order valence-electron chi connectivity index (χ3n) is 5.00. The average molecular weight is 367 g/mol. The number of pyridine rings is 1. The topological polar surface area (TPSA) is 34.1 Å². The normalized spacial score (nSPS) is 17.7. The molecule has 1 unspecified atom stereocenters. The lowest BCUT2D eigenvalue weighted by Gasteiger charge is -2.18. The molecule has 0 amide bonds. The number of hydrogen-bond donors (Lipinski definition) is 1. The number of hydrogen-bond acceptors (Lipinski definition) is 4. The zero-order valence-electron chi connectivity index (χ0n) is 15.7. The highest BCUT2D eigenvalue weighted by atomic mass is 32.1. The maximum absolute atomic E-state index is 5.71. The summed E-state index contributed by atoms with van der Waals surface area (Å²) in [5, 5.41) is 4.69. The Morgan fingerprint density at radius 2 is 2.00 bits per heavy atom. The number of thiophene rings is 1. The Morgan fingerprint density at radius 1 is 1.19 bits per heavy atom. The van der Waals surface area contributed by atoms with Crippen LogP contribution in [-0.2, 0) is 10.2 Å². The van der Waals surface area contributed by atoms with Crippen LogP contribution >= 0.6 is 11.3 Å². The molecule has 1 aliphatic heterocycles. The Morgan fingerprint density at radius 3 is 2.69 bits per heavy atom. The minimum atomic E-state index is 0.183. The Hall–Kier alpha value is -1.91. The fourth-order valence-electron chi connectivity index (χ4n) is 3.40. The summed E-state index contributed by atoms with van der Waals surface area (Å²) in [7, 11) is 0. The predicted molar refractivity (Wildman–Crippen MR) is 111 cm³/mol. The van der Waals surface area contributed by atoms with Crippen LogP contribution in [0.1, 0.15) is 39.2 Å². The van der Waals surface area contributed by atoms with Gasteiger partial charge in [-0.15, -0.1) is 11.3 Å². The van der Waals surface area contributed by atoms with Gasteiger partial charge < -0.3 is 10.1 Å². The van der Waals surface area contributed by atoms with Gasteiger partial charge in [0.15, 0.2) is 0 Å². The van der Waals surface area contributed by atoms with E-state index < -0.39 is 0 Å². The Labute approximate surface area is 159 Å². The van der Waals surface area contributed by atoms with Gasteiger partial charge in [-0.25, -0.2) is 4.98 Å². The SMILES string of the molecule is CC(C)(C)c1ccc(-c2cc3c(NCC4CCCO4)nccc3s2)cc1. The Kier molecular flexibility index (Phi) is 4.72. The van der Waals surface area contributed by atoms with Gasteiger partial charge in [0.05, 0.1) is 6.10 Å². The first kappa shape index (κ1) is 17.5. The van der Waals surface area contributed by atoms with Crippen LogP contribution in [0, 0.1) is 0 Å². The monoisotopic (exact) mass is 366 g/mol. The van der Waals surface area contributed by atoms with Gasteiger partial charge in [-0.2, -0.15) is 0 Å². The standard InChI is InChI=1S/C22H26N2OS/c1-22(2,3)16-8-6-15(7-9-16)20-13-18-19(26-20)10-11-23-21(18)24-14-17-5-4-12-25-17/h6-11,13,17H,4-5,12,14H2,1-3H3,(H,23,24). The number of fused-ring (bicyclic) bond motifs is 1. The molecule has 1 aromatic carbocycles. The van der Waals surface area contributed by atoms with Crippen molar-refractivity contribution in [2.45, 2.75) is 45.1 Å². The molecule has 0 radical (unpaired) electrons. The van der Waals surface area contributed by atoms with Crippen LogP contribution in [0.2, 0.25) is 0 Å². The van der Waals surface area contributed by atoms with Crippen molar-refractivity contribution in [3.05, 3.63) is 48.2 Å². The third-order valence-corrected chi connectivity index (χ3v) is 6.15. The van der Waals surface area contributed by atoms with Crippen molar-refractivity contribution in [1.82, 2.24) is 4.98 Å². The van der Waals surface area contributed by atoms with E-state index in [9.17, 15) is 0 Å². The highest BCUT2D eigenvalue weighted by Crippen LogP contribution is 2.37. The van der Waals surface area contributed by atoms with Crippen LogP contribution in [0.25, 0.3) is 20.5 Å². The van der Waals surface area contributed by atoms with E-state index >= 15 is 0 Å². The molecule has 4 heteroatoms. The van der Waals surface area contributed by atoms with E-state index in [1.807, 2.05) is 17.5 Å². The second kappa shape index (κ2) is 7.01. The number of benzene rings is 1. The van der Waals surface area contributed by atoms with Gasteiger partial charge in [0, 0.05) is 34.3 Å². The zero-order valence-corrected chi connectivity index (χ0v) is 16.5. The lowest BCUT2D eigenvalue weighted by Crippen LogP contribution is -2.18. The molecular weight excluding hydrogens is 340 g/mol. The average Bonchev–Trinajstić information content (AvgIpc) is 3.29. The number of anilines is 1. The van der Waals surface area contributed by atoms with E-state index in [2.05, 4.69) is 67.5 Å². The van der Waals surface area contributed by atoms with Crippen LogP contribution in [0.3, 0.4) is 0 Å². The van der Waals surface area contributed by atoms with E-state index in [0.717, 1.165) is 31.8 Å². The molecule has 1 atom stereocenters. The number of rotatable bonds is 4. The second-order valence-corrected chi connectivity index (χ2v) is 9.11. The molecule has 0 aliphatic carbocycles. The maximum Gasteiger partial charge on any atom is 0.134 e. The summed E-state index contributed by atoms with van der Waals surface area (Å²) in [5.74, 6) is 0.965. The summed E-state index contributed by atoms with van der Waals surface area (Å²) >= 11 is 1.82. The first-order valence-electron chi connectivity index (χ1n) is 9.36. The van der Waals surface area contributed by atoms with Crippen molar-refractivity contribution in [3.8, 4) is 10.4 Å². The first-order chi connectivity index (χ1) is 12.5. The number of aromatic nitrogens is 1. The van der Waals surface area contributed by atoms with Crippen LogP contribution in [-0.4, -0.2) is 24.2 Å². The molecule has 3 nitrogen and oxygen atoms in total. The highest BCUT2D eigenvalue weighted by Gasteiger charge is 2.17. The Balaban J connectivity index is 1.59. The van der Waals surface area contributed by atoms with Gasteiger partial charge in [-0.05, 0) is 41.5 Å². The quantitative estimate of drug-likeness (QED) is 0.629. The minimum absolute atomic E-state index is 0.183. The summed E-state index contributed by atoms with van der Waals surface area (Å²) in [6.45, 7) is 8.46. The second-order valence-electron chi connectivity index (χ2n) is 8.03. The van der Waals surface area contributed by atoms with Crippen molar-refractivity contribution in [2.75, 3.05) is 18.5 Å². The minimum Gasteiger partial charge on any atom is -0.376 e. The predicted octanol–water partition coefficient (Wildman–Crippen LogP) is 5.85. The number of nitrogens with zero attached hydrogens (tertiary/aromatic N) is 1. The van der Waals surface area contributed by atoms with E-state index in [1.165, 1.54) is 26.1 Å². The molecule has 1 fully saturated rings. The summed E-state index contributed by atoms with van der Waals surface area (Å²) in [6, 6.07) is 13.3. The van der Waals surface area contributed by atoms with Gasteiger partial charge >= 0.3 is 0 Å². The molecule has 0 saturated carbocycles. The molecule has 3 aromatic rings. The van der Waals surface area contributed by atoms with Gasteiger partial charge in [-0.1, -0.05) is 45.0 Å². The summed E-state index contributed by atoms with van der Waals surface area (Å²) in [4.78, 5) is 5.85. The molecule has 26 heavy (non-hydrogen) atoms. The van der Waals surface area contributed by atoms with Gasteiger partial charge in [0.1, 0.15) is 5.82 Å². The summed E-state index contributed by atoms with van der Waals surface area (Å²) in [6.07, 6.45) is 4.51. The molecule has 0 spiro atoms. The third kappa shape index (κ3) is 3.62. The number of nitrogens with one attached hydrogen (secondary N) is 1. The number of ether oxygens (including phenoxy) is 1. The first-order valence-corrected chi connectivity index (χ1v) is 10.2. The molecule has 1 saturated heterocycles. The van der Waals surface area contributed by atoms with Gasteiger partial charge in [0.2, 0.25) is 0 Å². The fourth-order valence-corrected chi connectivity index (χ4v) is 4.46.